The molecule has 1 aliphatic carbocycles. The summed E-state index contributed by atoms with van der Waals surface area (Å²) < 4.78 is 0. The van der Waals surface area contributed by atoms with Crippen LogP contribution in [0.3, 0.4) is 0 Å². The van der Waals surface area contributed by atoms with Crippen molar-refractivity contribution in [3.63, 3.8) is 0 Å². The first kappa shape index (κ1) is 14.1. The Kier molecular flexibility index (Phi) is 4.64. The Morgan fingerprint density at radius 1 is 1.47 bits per heavy atom. The molecule has 1 aliphatic rings. The maximum Gasteiger partial charge on any atom is 0.159 e. The number of hydrogen-bond donors (Lipinski definition) is 1. The number of aliphatic hydroxyl groups is 1. The monoisotopic (exact) mass is 277 g/mol. The van der Waals surface area contributed by atoms with E-state index < -0.39 is 0 Å². The van der Waals surface area contributed by atoms with Gasteiger partial charge in [-0.2, -0.15) is 0 Å². The van der Waals surface area contributed by atoms with Gasteiger partial charge in [0.15, 0.2) is 5.78 Å². The Balaban J connectivity index is 1.87. The van der Waals surface area contributed by atoms with Crippen LogP contribution in [0.4, 0.5) is 0 Å². The molecule has 1 aromatic heterocycles. The van der Waals surface area contributed by atoms with Crippen LogP contribution in [-0.4, -0.2) is 21.6 Å². The predicted octanol–water partition coefficient (Wildman–Crippen LogP) is 3.54. The molecular formula is C15H19NO2S. The average Bonchev–Trinajstić information content (AvgIpc) is 2.36. The van der Waals surface area contributed by atoms with Crippen molar-refractivity contribution in [1.29, 1.82) is 0 Å². The molecule has 102 valence electrons. The minimum absolute atomic E-state index is 0.0408. The van der Waals surface area contributed by atoms with Crippen molar-refractivity contribution >= 4 is 17.5 Å². The third-order valence-electron chi connectivity index (χ3n) is 3.45. The molecule has 1 aromatic rings. The number of aliphatic hydroxyl groups excluding tert-OH is 1. The number of hydrogen-bond acceptors (Lipinski definition) is 4. The van der Waals surface area contributed by atoms with Gasteiger partial charge in [0, 0.05) is 30.9 Å². The van der Waals surface area contributed by atoms with Gasteiger partial charge in [-0.1, -0.05) is 13.0 Å². The molecule has 0 radical (unpaired) electrons. The highest BCUT2D eigenvalue weighted by Crippen LogP contribution is 2.31. The second kappa shape index (κ2) is 6.24. The molecule has 1 heterocycles. The zero-order chi connectivity index (χ0) is 13.8. The molecule has 0 saturated heterocycles. The fourth-order valence-electron chi connectivity index (χ4n) is 2.20. The summed E-state index contributed by atoms with van der Waals surface area (Å²) in [5.74, 6) is 1.82. The fraction of sp³-hybridized carbons (Fsp3) is 0.467. The summed E-state index contributed by atoms with van der Waals surface area (Å²) in [6.45, 7) is 4.16. The summed E-state index contributed by atoms with van der Waals surface area (Å²) in [5.41, 5.74) is 1.16. The third-order valence-corrected chi connectivity index (χ3v) is 4.68. The van der Waals surface area contributed by atoms with E-state index in [1.54, 1.807) is 11.8 Å². The number of aromatic nitrogens is 1. The van der Waals surface area contributed by atoms with Crippen LogP contribution >= 0.6 is 11.8 Å². The smallest absolute Gasteiger partial charge is 0.159 e. The molecule has 4 heteroatoms. The van der Waals surface area contributed by atoms with Crippen molar-refractivity contribution in [3.8, 4) is 0 Å². The minimum atomic E-state index is 0.0408. The lowest BCUT2D eigenvalue weighted by Gasteiger charge is -2.25. The topological polar surface area (TPSA) is 50.2 Å². The van der Waals surface area contributed by atoms with Crippen LogP contribution in [0.1, 0.15) is 25.3 Å². The Morgan fingerprint density at radius 2 is 2.26 bits per heavy atom. The van der Waals surface area contributed by atoms with E-state index in [-0.39, 0.29) is 17.5 Å². The van der Waals surface area contributed by atoms with Gasteiger partial charge in [0.2, 0.25) is 0 Å². The summed E-state index contributed by atoms with van der Waals surface area (Å²) >= 11 is 1.71. The van der Waals surface area contributed by atoms with Gasteiger partial charge >= 0.3 is 0 Å². The molecule has 2 rings (SSSR count). The number of nitrogens with zero attached hydrogens (tertiary/aromatic N) is 1. The fourth-order valence-corrected chi connectivity index (χ4v) is 3.20. The van der Waals surface area contributed by atoms with E-state index in [4.69, 9.17) is 0 Å². The number of pyridine rings is 1. The number of thioether (sulfide) groups is 1. The number of rotatable bonds is 4. The first-order valence-corrected chi connectivity index (χ1v) is 7.51. The Labute approximate surface area is 118 Å². The second-order valence-electron chi connectivity index (χ2n) is 5.23. The van der Waals surface area contributed by atoms with E-state index in [0.29, 0.717) is 18.8 Å². The zero-order valence-corrected chi connectivity index (χ0v) is 12.1. The van der Waals surface area contributed by atoms with Crippen LogP contribution in [0.5, 0.6) is 0 Å². The van der Waals surface area contributed by atoms with Gasteiger partial charge in [0.25, 0.3) is 0 Å². The molecule has 2 atom stereocenters. The summed E-state index contributed by atoms with van der Waals surface area (Å²) in [5, 5.41) is 10.5. The first-order valence-electron chi connectivity index (χ1n) is 6.52. The Bertz CT molecular complexity index is 481. The predicted molar refractivity (Wildman–Crippen MR) is 77.3 cm³/mol. The second-order valence-corrected chi connectivity index (χ2v) is 6.27. The van der Waals surface area contributed by atoms with E-state index >= 15 is 0 Å². The lowest BCUT2D eigenvalue weighted by atomic mass is 9.84. The van der Waals surface area contributed by atoms with E-state index in [1.807, 2.05) is 19.2 Å². The van der Waals surface area contributed by atoms with Crippen molar-refractivity contribution in [2.75, 3.05) is 5.75 Å². The molecule has 0 fully saturated rings. The van der Waals surface area contributed by atoms with Crippen LogP contribution in [0, 0.1) is 18.8 Å². The van der Waals surface area contributed by atoms with Crippen LogP contribution in [0.2, 0.25) is 0 Å². The van der Waals surface area contributed by atoms with E-state index in [9.17, 15) is 9.90 Å². The zero-order valence-electron chi connectivity index (χ0n) is 11.3. The van der Waals surface area contributed by atoms with Crippen molar-refractivity contribution < 1.29 is 9.90 Å². The summed E-state index contributed by atoms with van der Waals surface area (Å²) in [6, 6.07) is 4.08. The van der Waals surface area contributed by atoms with E-state index in [2.05, 4.69) is 18.0 Å². The van der Waals surface area contributed by atoms with Crippen molar-refractivity contribution in [3.05, 3.63) is 35.7 Å². The maximum absolute atomic E-state index is 11.4. The number of ketones is 1. The minimum Gasteiger partial charge on any atom is -0.512 e. The SMILES string of the molecule is Cc1ccc(SCC(C)C2CC(=O)C=C(O)C2)nc1. The van der Waals surface area contributed by atoms with Gasteiger partial charge < -0.3 is 5.11 Å². The van der Waals surface area contributed by atoms with Crippen LogP contribution < -0.4 is 0 Å². The third kappa shape index (κ3) is 4.10. The van der Waals surface area contributed by atoms with Gasteiger partial charge in [-0.05, 0) is 30.4 Å². The summed E-state index contributed by atoms with van der Waals surface area (Å²) in [6.07, 6.45) is 4.39. The molecule has 1 N–H and O–H groups in total. The van der Waals surface area contributed by atoms with Crippen LogP contribution in [0.15, 0.2) is 35.2 Å². The molecule has 3 nitrogen and oxygen atoms in total. The number of allylic oxidation sites excluding steroid dienone is 2. The van der Waals surface area contributed by atoms with Gasteiger partial charge in [-0.15, -0.1) is 11.8 Å². The van der Waals surface area contributed by atoms with Crippen LogP contribution in [-0.2, 0) is 4.79 Å². The first-order chi connectivity index (χ1) is 9.04. The van der Waals surface area contributed by atoms with Crippen LogP contribution in [0.25, 0.3) is 0 Å². The van der Waals surface area contributed by atoms with Gasteiger partial charge in [-0.3, -0.25) is 4.79 Å². The van der Waals surface area contributed by atoms with Gasteiger partial charge in [0.05, 0.1) is 10.8 Å². The highest BCUT2D eigenvalue weighted by atomic mass is 32.2. The van der Waals surface area contributed by atoms with Crippen molar-refractivity contribution in [2.24, 2.45) is 11.8 Å². The molecule has 0 amide bonds. The van der Waals surface area contributed by atoms with Gasteiger partial charge in [0.1, 0.15) is 0 Å². The largest absolute Gasteiger partial charge is 0.512 e. The highest BCUT2D eigenvalue weighted by Gasteiger charge is 2.25. The Morgan fingerprint density at radius 3 is 2.89 bits per heavy atom. The van der Waals surface area contributed by atoms with E-state index in [1.165, 1.54) is 6.08 Å². The molecule has 0 aliphatic heterocycles. The molecule has 0 bridgehead atoms. The van der Waals surface area contributed by atoms with E-state index in [0.717, 1.165) is 16.3 Å². The lowest BCUT2D eigenvalue weighted by Crippen LogP contribution is -2.22. The molecular weight excluding hydrogens is 258 g/mol. The Hall–Kier alpha value is -1.29. The molecule has 2 unspecified atom stereocenters. The highest BCUT2D eigenvalue weighted by molar-refractivity contribution is 7.99. The number of aryl methyl sites for hydroxylation is 1. The van der Waals surface area contributed by atoms with Gasteiger partial charge in [-0.25, -0.2) is 4.98 Å². The number of carbonyl (C=O) groups is 1. The maximum atomic E-state index is 11.4. The normalized spacial score (nSPS) is 21.1. The lowest BCUT2D eigenvalue weighted by molar-refractivity contribution is -0.116. The van der Waals surface area contributed by atoms with Crippen molar-refractivity contribution in [2.45, 2.75) is 31.7 Å². The standard InChI is InChI=1S/C15H19NO2S/c1-10-3-4-15(16-8-10)19-9-11(2)12-5-13(17)7-14(18)6-12/h3-4,7-8,11-12,17H,5-6,9H2,1-2H3. The molecule has 0 aromatic carbocycles. The molecule has 19 heavy (non-hydrogen) atoms. The molecule has 0 spiro atoms. The summed E-state index contributed by atoms with van der Waals surface area (Å²) in [7, 11) is 0. The van der Waals surface area contributed by atoms with Crippen molar-refractivity contribution in [1.82, 2.24) is 4.98 Å². The quantitative estimate of drug-likeness (QED) is 0.855. The average molecular weight is 277 g/mol. The molecule has 0 saturated carbocycles. The number of carbonyl (C=O) groups excluding carboxylic acids is 1. The summed E-state index contributed by atoms with van der Waals surface area (Å²) in [4.78, 5) is 15.8.